The maximum atomic E-state index is 13.5. The number of aromatic hydroxyl groups is 1. The van der Waals surface area contributed by atoms with Crippen molar-refractivity contribution >= 4 is 30.4 Å². The van der Waals surface area contributed by atoms with E-state index >= 15 is 0 Å². The summed E-state index contributed by atoms with van der Waals surface area (Å²) < 4.78 is 4.68. The van der Waals surface area contributed by atoms with Crippen LogP contribution < -0.4 is 10.6 Å². The number of rotatable bonds is 10. The molecule has 1 atom stereocenters. The highest BCUT2D eigenvalue weighted by atomic mass is 32.1. The highest BCUT2D eigenvalue weighted by Gasteiger charge is 2.47. The lowest BCUT2D eigenvalue weighted by Crippen LogP contribution is -2.62. The lowest BCUT2D eigenvalue weighted by Gasteiger charge is -2.34. The van der Waals surface area contributed by atoms with E-state index in [9.17, 15) is 19.5 Å². The van der Waals surface area contributed by atoms with Gasteiger partial charge in [0.1, 0.15) is 17.3 Å². The third kappa shape index (κ3) is 6.43. The Balaban J connectivity index is 1.75. The van der Waals surface area contributed by atoms with Crippen LogP contribution in [0, 0.1) is 0 Å². The summed E-state index contributed by atoms with van der Waals surface area (Å²) in [5.41, 5.74) is -0.248. The van der Waals surface area contributed by atoms with Crippen LogP contribution >= 0.6 is 12.6 Å². The Kier molecular flexibility index (Phi) is 8.68. The molecular weight excluding hydrogens is 440 g/mol. The Morgan fingerprint density at radius 1 is 1.03 bits per heavy atom. The Hall–Kier alpha value is -2.22. The van der Waals surface area contributed by atoms with Crippen molar-refractivity contribution in [2.75, 3.05) is 6.61 Å². The fraction of sp³-hybridized carbons (Fsp3) is 0.640. The first kappa shape index (κ1) is 25.4. The van der Waals surface area contributed by atoms with Gasteiger partial charge in [0.25, 0.3) is 0 Å². The highest BCUT2D eigenvalue weighted by molar-refractivity contribution is 7.82. The zero-order chi connectivity index (χ0) is 23.9. The Bertz CT molecular complexity index is 830. The maximum absolute atomic E-state index is 13.5. The van der Waals surface area contributed by atoms with Crippen LogP contribution in [-0.4, -0.2) is 45.8 Å². The number of carbonyl (C=O) groups is 3. The standard InChI is InChI=1S/C25H36N2O5S/c1-2-3-16-32-21(29)20(17-18-8-10-19(28)11-9-18)26-22(30)24(12-4-5-13-24)27-23(31)25(33)14-6-7-15-25/h8-11,20,28,33H,2-7,12-17H2,1H3,(H,26,30)(H,27,31)/t20-/m0/s1. The van der Waals surface area contributed by atoms with E-state index in [2.05, 4.69) is 23.3 Å². The first-order valence-corrected chi connectivity index (χ1v) is 12.5. The topological polar surface area (TPSA) is 105 Å². The number of phenolic OH excluding ortho intramolecular Hbond substituents is 1. The quantitative estimate of drug-likeness (QED) is 0.235. The molecule has 0 radical (unpaired) electrons. The van der Waals surface area contributed by atoms with E-state index in [0.717, 1.165) is 44.1 Å². The molecule has 0 heterocycles. The van der Waals surface area contributed by atoms with Crippen LogP contribution in [0.25, 0.3) is 0 Å². The van der Waals surface area contributed by atoms with Crippen molar-refractivity contribution in [2.24, 2.45) is 0 Å². The smallest absolute Gasteiger partial charge is 0.328 e. The second kappa shape index (κ2) is 11.3. The summed E-state index contributed by atoms with van der Waals surface area (Å²) in [7, 11) is 0. The highest BCUT2D eigenvalue weighted by Crippen LogP contribution is 2.38. The number of esters is 1. The molecule has 2 amide bonds. The monoisotopic (exact) mass is 476 g/mol. The van der Waals surface area contributed by atoms with Crippen molar-refractivity contribution in [2.45, 2.75) is 93.9 Å². The number of phenols is 1. The van der Waals surface area contributed by atoms with Gasteiger partial charge in [0, 0.05) is 6.42 Å². The van der Waals surface area contributed by atoms with E-state index in [1.54, 1.807) is 24.3 Å². The van der Waals surface area contributed by atoms with Crippen molar-refractivity contribution < 1.29 is 24.2 Å². The second-order valence-corrected chi connectivity index (χ2v) is 10.3. The average Bonchev–Trinajstić information content (AvgIpc) is 3.45. The van der Waals surface area contributed by atoms with Gasteiger partial charge in [0.2, 0.25) is 11.8 Å². The summed E-state index contributed by atoms with van der Waals surface area (Å²) in [4.78, 5) is 39.4. The van der Waals surface area contributed by atoms with Crippen LogP contribution in [0.1, 0.15) is 76.7 Å². The molecule has 33 heavy (non-hydrogen) atoms. The first-order valence-electron chi connectivity index (χ1n) is 12.1. The van der Waals surface area contributed by atoms with Crippen molar-refractivity contribution in [1.82, 2.24) is 10.6 Å². The van der Waals surface area contributed by atoms with Crippen LogP contribution in [0.4, 0.5) is 0 Å². The Morgan fingerprint density at radius 2 is 1.64 bits per heavy atom. The lowest BCUT2D eigenvalue weighted by molar-refractivity contribution is -0.149. The molecule has 1 aromatic carbocycles. The lowest BCUT2D eigenvalue weighted by atomic mass is 9.93. The largest absolute Gasteiger partial charge is 0.508 e. The molecule has 7 nitrogen and oxygen atoms in total. The maximum Gasteiger partial charge on any atom is 0.328 e. The van der Waals surface area contributed by atoms with Crippen LogP contribution in [0.5, 0.6) is 5.75 Å². The molecule has 3 rings (SSSR count). The molecule has 2 fully saturated rings. The average molecular weight is 477 g/mol. The van der Waals surface area contributed by atoms with Crippen molar-refractivity contribution in [3.8, 4) is 5.75 Å². The Labute approximate surface area is 201 Å². The van der Waals surface area contributed by atoms with Gasteiger partial charge in [-0.25, -0.2) is 4.79 Å². The van der Waals surface area contributed by atoms with E-state index in [0.29, 0.717) is 32.3 Å². The number of hydrogen-bond acceptors (Lipinski definition) is 6. The number of carbonyl (C=O) groups excluding carboxylic acids is 3. The minimum atomic E-state index is -1.04. The summed E-state index contributed by atoms with van der Waals surface area (Å²) in [5.74, 6) is -0.906. The van der Waals surface area contributed by atoms with Crippen molar-refractivity contribution in [3.63, 3.8) is 0 Å². The number of ether oxygens (including phenoxy) is 1. The predicted octanol–water partition coefficient (Wildman–Crippen LogP) is 3.43. The van der Waals surface area contributed by atoms with E-state index in [4.69, 9.17) is 4.74 Å². The van der Waals surface area contributed by atoms with Gasteiger partial charge in [-0.15, -0.1) is 0 Å². The van der Waals surface area contributed by atoms with Crippen molar-refractivity contribution in [3.05, 3.63) is 29.8 Å². The van der Waals surface area contributed by atoms with Gasteiger partial charge < -0.3 is 20.5 Å². The van der Waals surface area contributed by atoms with Gasteiger partial charge >= 0.3 is 5.97 Å². The molecule has 8 heteroatoms. The molecule has 0 spiro atoms. The van der Waals surface area contributed by atoms with Gasteiger partial charge in [-0.2, -0.15) is 12.6 Å². The number of unbranched alkanes of at least 4 members (excludes halogenated alkanes) is 1. The number of benzene rings is 1. The number of hydrogen-bond donors (Lipinski definition) is 4. The third-order valence-corrected chi connectivity index (χ3v) is 7.46. The van der Waals surface area contributed by atoms with E-state index < -0.39 is 22.3 Å². The fourth-order valence-corrected chi connectivity index (χ4v) is 5.06. The van der Waals surface area contributed by atoms with Gasteiger partial charge in [0.05, 0.1) is 11.4 Å². The number of thiol groups is 1. The normalized spacial score (nSPS) is 19.6. The minimum absolute atomic E-state index is 0.130. The zero-order valence-electron chi connectivity index (χ0n) is 19.4. The molecule has 0 unspecified atom stereocenters. The van der Waals surface area contributed by atoms with Gasteiger partial charge in [-0.05, 0) is 49.8 Å². The molecule has 0 aromatic heterocycles. The van der Waals surface area contributed by atoms with Crippen LogP contribution in [0.2, 0.25) is 0 Å². The van der Waals surface area contributed by atoms with E-state index in [1.165, 1.54) is 0 Å². The molecule has 2 aliphatic carbocycles. The third-order valence-electron chi connectivity index (χ3n) is 6.81. The molecule has 0 bridgehead atoms. The SMILES string of the molecule is CCCCOC(=O)[C@H](Cc1ccc(O)cc1)NC(=O)C1(NC(=O)C2(S)CCCC2)CCCC1. The number of amides is 2. The molecule has 0 saturated heterocycles. The molecule has 2 saturated carbocycles. The predicted molar refractivity (Wildman–Crippen MR) is 129 cm³/mol. The summed E-state index contributed by atoms with van der Waals surface area (Å²) in [6.45, 7) is 2.30. The molecule has 0 aliphatic heterocycles. The summed E-state index contributed by atoms with van der Waals surface area (Å²) in [6, 6.07) is 5.63. The molecule has 182 valence electrons. The zero-order valence-corrected chi connectivity index (χ0v) is 20.3. The van der Waals surface area contributed by atoms with Gasteiger partial charge in [0.15, 0.2) is 0 Å². The van der Waals surface area contributed by atoms with E-state index in [1.807, 2.05) is 6.92 Å². The minimum Gasteiger partial charge on any atom is -0.508 e. The van der Waals surface area contributed by atoms with Crippen molar-refractivity contribution in [1.29, 1.82) is 0 Å². The van der Waals surface area contributed by atoms with E-state index in [-0.39, 0.29) is 24.0 Å². The van der Waals surface area contributed by atoms with Crippen LogP contribution in [-0.2, 0) is 25.5 Å². The van der Waals surface area contributed by atoms with Gasteiger partial charge in [-0.3, -0.25) is 9.59 Å². The second-order valence-electron chi connectivity index (χ2n) is 9.40. The molecule has 1 aromatic rings. The van der Waals surface area contributed by atoms with Crippen LogP contribution in [0.15, 0.2) is 24.3 Å². The molecule has 3 N–H and O–H groups in total. The summed E-state index contributed by atoms with van der Waals surface area (Å²) >= 11 is 4.64. The van der Waals surface area contributed by atoms with Crippen LogP contribution in [0.3, 0.4) is 0 Å². The summed E-state index contributed by atoms with van der Waals surface area (Å²) in [6.07, 6.45) is 7.91. The molecular formula is C25H36N2O5S. The number of nitrogens with one attached hydrogen (secondary N) is 2. The fourth-order valence-electron chi connectivity index (χ4n) is 4.68. The summed E-state index contributed by atoms with van der Waals surface area (Å²) in [5, 5.41) is 15.5. The van der Waals surface area contributed by atoms with Gasteiger partial charge in [-0.1, -0.05) is 51.2 Å². The molecule has 2 aliphatic rings. The first-order chi connectivity index (χ1) is 15.8. The Morgan fingerprint density at radius 3 is 2.24 bits per heavy atom.